The van der Waals surface area contributed by atoms with Gasteiger partial charge in [-0.15, -0.1) is 0 Å². The monoisotopic (exact) mass is 321 g/mol. The molecule has 2 aliphatic rings. The summed E-state index contributed by atoms with van der Waals surface area (Å²) >= 11 is 0. The number of rotatable bonds is 5. The van der Waals surface area contributed by atoms with Crippen molar-refractivity contribution >= 4 is 11.7 Å². The van der Waals surface area contributed by atoms with Crippen molar-refractivity contribution in [3.63, 3.8) is 0 Å². The van der Waals surface area contributed by atoms with Crippen molar-refractivity contribution in [1.82, 2.24) is 0 Å². The van der Waals surface area contributed by atoms with Crippen LogP contribution in [-0.2, 0) is 35.1 Å². The lowest BCUT2D eigenvalue weighted by Gasteiger charge is -2.24. The van der Waals surface area contributed by atoms with E-state index in [-0.39, 0.29) is 6.61 Å². The van der Waals surface area contributed by atoms with Gasteiger partial charge in [0, 0.05) is 0 Å². The molecule has 4 unspecified atom stereocenters. The number of Topliss-reactive ketones (excluding diaryl/α,β-unsaturated/α-hetero) is 1. The lowest BCUT2D eigenvalue weighted by Crippen LogP contribution is -2.45. The van der Waals surface area contributed by atoms with E-state index >= 15 is 0 Å². The normalized spacial score (nSPS) is 31.7. The summed E-state index contributed by atoms with van der Waals surface area (Å²) < 4.78 is 22.7. The van der Waals surface area contributed by atoms with Crippen LogP contribution >= 0.6 is 0 Å². The van der Waals surface area contributed by atoms with Gasteiger partial charge >= 0.3 is 0 Å². The second-order valence-electron chi connectivity index (χ2n) is 6.01. The van der Waals surface area contributed by atoms with E-state index in [1.807, 2.05) is 30.3 Å². The van der Waals surface area contributed by atoms with Crippen molar-refractivity contribution in [3.05, 3.63) is 35.9 Å². The number of nitrogens with two attached hydrogens (primary N) is 1. The molecule has 0 aromatic heterocycles. The first-order valence-electron chi connectivity index (χ1n) is 7.38. The van der Waals surface area contributed by atoms with Crippen LogP contribution in [0.2, 0.25) is 0 Å². The Morgan fingerprint density at radius 2 is 1.91 bits per heavy atom. The molecule has 0 radical (unpaired) electrons. The number of hydrogen-bond donors (Lipinski definition) is 1. The highest BCUT2D eigenvalue weighted by atomic mass is 16.8. The third kappa shape index (κ3) is 3.28. The summed E-state index contributed by atoms with van der Waals surface area (Å²) in [5.74, 6) is -2.75. The van der Waals surface area contributed by atoms with E-state index in [1.165, 1.54) is 0 Å². The number of ether oxygens (including phenoxy) is 4. The summed E-state index contributed by atoms with van der Waals surface area (Å²) in [7, 11) is 0. The molecule has 2 aliphatic heterocycles. The molecule has 0 saturated carbocycles. The minimum atomic E-state index is -1.12. The molecule has 23 heavy (non-hydrogen) atoms. The number of fused-ring (bicyclic) bond motifs is 1. The highest BCUT2D eigenvalue weighted by Gasteiger charge is 2.58. The van der Waals surface area contributed by atoms with E-state index in [2.05, 4.69) is 0 Å². The molecule has 0 aliphatic carbocycles. The SMILES string of the molecule is CC1(C)OC2OC(C(=O)C(N)=O)C(OCc3ccccc3)C2O1. The second-order valence-corrected chi connectivity index (χ2v) is 6.01. The molecule has 1 amide bonds. The van der Waals surface area contributed by atoms with Crippen LogP contribution < -0.4 is 5.73 Å². The second kappa shape index (κ2) is 6.01. The molecule has 4 atom stereocenters. The van der Waals surface area contributed by atoms with Crippen LogP contribution in [-0.4, -0.2) is 42.1 Å². The van der Waals surface area contributed by atoms with Gasteiger partial charge in [0.25, 0.3) is 11.7 Å². The van der Waals surface area contributed by atoms with Gasteiger partial charge in [-0.3, -0.25) is 9.59 Å². The maximum atomic E-state index is 12.0. The molecule has 1 aromatic rings. The molecular formula is C16H19NO6. The topological polar surface area (TPSA) is 97.1 Å². The molecule has 7 nitrogen and oxygen atoms in total. The van der Waals surface area contributed by atoms with Gasteiger partial charge in [-0.25, -0.2) is 0 Å². The quantitative estimate of drug-likeness (QED) is 0.793. The summed E-state index contributed by atoms with van der Waals surface area (Å²) in [6.07, 6.45) is -3.25. The lowest BCUT2D eigenvalue weighted by atomic mass is 10.1. The maximum Gasteiger partial charge on any atom is 0.287 e. The number of primary amides is 1. The fraction of sp³-hybridized carbons (Fsp3) is 0.500. The zero-order valence-corrected chi connectivity index (χ0v) is 12.9. The summed E-state index contributed by atoms with van der Waals surface area (Å²) in [6, 6.07) is 9.46. The molecule has 124 valence electrons. The number of carbonyl (C=O) groups is 2. The van der Waals surface area contributed by atoms with E-state index in [0.29, 0.717) is 0 Å². The number of carbonyl (C=O) groups excluding carboxylic acids is 2. The van der Waals surface area contributed by atoms with Gasteiger partial charge in [0.1, 0.15) is 12.2 Å². The molecular weight excluding hydrogens is 302 g/mol. The van der Waals surface area contributed by atoms with E-state index in [1.54, 1.807) is 13.8 Å². The molecule has 0 bridgehead atoms. The van der Waals surface area contributed by atoms with E-state index in [4.69, 9.17) is 24.7 Å². The summed E-state index contributed by atoms with van der Waals surface area (Å²) in [4.78, 5) is 23.2. The Bertz CT molecular complexity index is 602. The Kier molecular flexibility index (Phi) is 4.20. The minimum Gasteiger partial charge on any atom is -0.367 e. The Morgan fingerprint density at radius 3 is 2.57 bits per heavy atom. The highest BCUT2D eigenvalue weighted by Crippen LogP contribution is 2.39. The maximum absolute atomic E-state index is 12.0. The molecule has 2 fully saturated rings. The number of benzene rings is 1. The molecule has 2 heterocycles. The van der Waals surface area contributed by atoms with Crippen LogP contribution in [0.5, 0.6) is 0 Å². The van der Waals surface area contributed by atoms with Gasteiger partial charge in [0.05, 0.1) is 6.61 Å². The average Bonchev–Trinajstić information content (AvgIpc) is 2.97. The average molecular weight is 321 g/mol. The van der Waals surface area contributed by atoms with Crippen LogP contribution in [0.3, 0.4) is 0 Å². The van der Waals surface area contributed by atoms with Gasteiger partial charge in [-0.05, 0) is 19.4 Å². The van der Waals surface area contributed by atoms with Crippen LogP contribution in [0.25, 0.3) is 0 Å². The van der Waals surface area contributed by atoms with Crippen LogP contribution in [0.4, 0.5) is 0 Å². The number of ketones is 1. The Balaban J connectivity index is 1.76. The fourth-order valence-electron chi connectivity index (χ4n) is 2.78. The smallest absolute Gasteiger partial charge is 0.287 e. The van der Waals surface area contributed by atoms with Crippen molar-refractivity contribution in [2.24, 2.45) is 5.73 Å². The van der Waals surface area contributed by atoms with Crippen LogP contribution in [0.15, 0.2) is 30.3 Å². The van der Waals surface area contributed by atoms with Gasteiger partial charge in [0.15, 0.2) is 18.2 Å². The predicted octanol–water partition coefficient (Wildman–Crippen LogP) is 0.503. The van der Waals surface area contributed by atoms with Crippen molar-refractivity contribution in [2.75, 3.05) is 0 Å². The predicted molar refractivity (Wildman–Crippen MR) is 77.9 cm³/mol. The van der Waals surface area contributed by atoms with Crippen molar-refractivity contribution in [1.29, 1.82) is 0 Å². The summed E-state index contributed by atoms with van der Waals surface area (Å²) in [5.41, 5.74) is 6.01. The fourth-order valence-corrected chi connectivity index (χ4v) is 2.78. The largest absolute Gasteiger partial charge is 0.367 e. The molecule has 0 spiro atoms. The van der Waals surface area contributed by atoms with Crippen molar-refractivity contribution in [3.8, 4) is 0 Å². The van der Waals surface area contributed by atoms with Gasteiger partial charge < -0.3 is 24.7 Å². The molecule has 2 saturated heterocycles. The summed E-state index contributed by atoms with van der Waals surface area (Å²) in [6.45, 7) is 3.74. The first-order valence-corrected chi connectivity index (χ1v) is 7.38. The Labute approximate surface area is 133 Å². The third-order valence-corrected chi connectivity index (χ3v) is 3.78. The first-order chi connectivity index (χ1) is 10.9. The van der Waals surface area contributed by atoms with E-state index in [0.717, 1.165) is 5.56 Å². The highest BCUT2D eigenvalue weighted by molar-refractivity contribution is 6.37. The Hall–Kier alpha value is -1.80. The molecule has 1 aromatic carbocycles. The number of hydrogen-bond acceptors (Lipinski definition) is 6. The standard InChI is InChI=1S/C16H19NO6/c1-16(2)22-13-12(20-8-9-6-4-3-5-7-9)11(10(18)14(17)19)21-15(13)23-16/h3-7,11-13,15H,8H2,1-2H3,(H2,17,19). The first kappa shape index (κ1) is 16.1. The molecule has 2 N–H and O–H groups in total. The van der Waals surface area contributed by atoms with Crippen molar-refractivity contribution in [2.45, 2.75) is 50.8 Å². The summed E-state index contributed by atoms with van der Waals surface area (Å²) in [5, 5.41) is 0. The number of amides is 1. The minimum absolute atomic E-state index is 0.254. The van der Waals surface area contributed by atoms with Crippen LogP contribution in [0, 0.1) is 0 Å². The zero-order chi connectivity index (χ0) is 16.6. The van der Waals surface area contributed by atoms with Gasteiger partial charge in [-0.2, -0.15) is 0 Å². The van der Waals surface area contributed by atoms with Gasteiger partial charge in [-0.1, -0.05) is 30.3 Å². The molecule has 7 heteroatoms. The van der Waals surface area contributed by atoms with E-state index < -0.39 is 42.1 Å². The molecule has 3 rings (SSSR count). The zero-order valence-electron chi connectivity index (χ0n) is 12.9. The third-order valence-electron chi connectivity index (χ3n) is 3.78. The Morgan fingerprint density at radius 1 is 1.22 bits per heavy atom. The van der Waals surface area contributed by atoms with E-state index in [9.17, 15) is 9.59 Å². The van der Waals surface area contributed by atoms with Crippen molar-refractivity contribution < 1.29 is 28.5 Å². The lowest BCUT2D eigenvalue weighted by molar-refractivity contribution is -0.218. The van der Waals surface area contributed by atoms with Gasteiger partial charge in [0.2, 0.25) is 0 Å². The van der Waals surface area contributed by atoms with Crippen LogP contribution in [0.1, 0.15) is 19.4 Å².